The number of rotatable bonds is 7. The summed E-state index contributed by atoms with van der Waals surface area (Å²) >= 11 is 0. The molecule has 2 nitrogen and oxygen atoms in total. The SMILES string of the molecule is CC(C)CCCC(O)COC(C)C. The van der Waals surface area contributed by atoms with Gasteiger partial charge in [0, 0.05) is 0 Å². The maximum Gasteiger partial charge on any atom is 0.0773 e. The van der Waals surface area contributed by atoms with E-state index in [1.807, 2.05) is 13.8 Å². The Labute approximate surface area is 82.3 Å². The standard InChI is InChI=1S/C11H24O2/c1-9(2)6-5-7-11(12)8-13-10(3)4/h9-12H,5-8H2,1-4H3. The average molecular weight is 188 g/mol. The molecule has 13 heavy (non-hydrogen) atoms. The molecular weight excluding hydrogens is 164 g/mol. The van der Waals surface area contributed by atoms with Crippen LogP contribution in [0.4, 0.5) is 0 Å². The minimum atomic E-state index is -0.277. The molecule has 0 aromatic carbocycles. The Morgan fingerprint density at radius 3 is 2.15 bits per heavy atom. The van der Waals surface area contributed by atoms with Crippen LogP contribution in [-0.2, 0) is 4.74 Å². The molecule has 0 aromatic rings. The summed E-state index contributed by atoms with van der Waals surface area (Å²) in [5.41, 5.74) is 0. The molecule has 0 saturated heterocycles. The van der Waals surface area contributed by atoms with Crippen molar-refractivity contribution in [3.05, 3.63) is 0 Å². The summed E-state index contributed by atoms with van der Waals surface area (Å²) < 4.78 is 5.31. The van der Waals surface area contributed by atoms with Crippen molar-refractivity contribution in [2.75, 3.05) is 6.61 Å². The topological polar surface area (TPSA) is 29.5 Å². The zero-order valence-electron chi connectivity index (χ0n) is 9.42. The summed E-state index contributed by atoms with van der Waals surface area (Å²) in [4.78, 5) is 0. The third-order valence-electron chi connectivity index (χ3n) is 1.94. The molecular formula is C11H24O2. The minimum Gasteiger partial charge on any atom is -0.391 e. The first kappa shape index (κ1) is 12.9. The Morgan fingerprint density at radius 2 is 1.69 bits per heavy atom. The van der Waals surface area contributed by atoms with E-state index in [1.165, 1.54) is 6.42 Å². The fourth-order valence-electron chi connectivity index (χ4n) is 1.15. The number of hydrogen-bond acceptors (Lipinski definition) is 2. The molecule has 0 rings (SSSR count). The van der Waals surface area contributed by atoms with Gasteiger partial charge in [-0.1, -0.05) is 26.7 Å². The van der Waals surface area contributed by atoms with Gasteiger partial charge in [-0.2, -0.15) is 0 Å². The van der Waals surface area contributed by atoms with Crippen LogP contribution < -0.4 is 0 Å². The molecule has 80 valence electrons. The Hall–Kier alpha value is -0.0800. The predicted octanol–water partition coefficient (Wildman–Crippen LogP) is 2.60. The van der Waals surface area contributed by atoms with Gasteiger partial charge < -0.3 is 9.84 Å². The fourth-order valence-corrected chi connectivity index (χ4v) is 1.15. The lowest BCUT2D eigenvalue weighted by Gasteiger charge is -2.13. The van der Waals surface area contributed by atoms with E-state index in [0.29, 0.717) is 6.61 Å². The van der Waals surface area contributed by atoms with E-state index >= 15 is 0 Å². The molecule has 0 fully saturated rings. The quantitative estimate of drug-likeness (QED) is 0.665. The summed E-state index contributed by atoms with van der Waals surface area (Å²) in [6.45, 7) is 8.87. The number of hydrogen-bond donors (Lipinski definition) is 1. The highest BCUT2D eigenvalue weighted by Gasteiger charge is 2.05. The van der Waals surface area contributed by atoms with Crippen molar-refractivity contribution in [2.45, 2.75) is 59.2 Å². The fraction of sp³-hybridized carbons (Fsp3) is 1.00. The molecule has 0 aliphatic heterocycles. The summed E-state index contributed by atoms with van der Waals surface area (Å²) in [6, 6.07) is 0. The van der Waals surface area contributed by atoms with Crippen molar-refractivity contribution in [1.82, 2.24) is 0 Å². The van der Waals surface area contributed by atoms with Gasteiger partial charge in [-0.25, -0.2) is 0 Å². The minimum absolute atomic E-state index is 0.222. The largest absolute Gasteiger partial charge is 0.391 e. The zero-order valence-corrected chi connectivity index (χ0v) is 9.42. The van der Waals surface area contributed by atoms with Crippen LogP contribution in [0.15, 0.2) is 0 Å². The predicted molar refractivity (Wildman–Crippen MR) is 55.8 cm³/mol. The van der Waals surface area contributed by atoms with Crippen molar-refractivity contribution in [2.24, 2.45) is 5.92 Å². The first-order valence-corrected chi connectivity index (χ1v) is 5.32. The first-order valence-electron chi connectivity index (χ1n) is 5.32. The third kappa shape index (κ3) is 9.84. The molecule has 0 aliphatic rings. The molecule has 0 heterocycles. The van der Waals surface area contributed by atoms with E-state index in [2.05, 4.69) is 13.8 Å². The second-order valence-corrected chi connectivity index (χ2v) is 4.36. The number of aliphatic hydroxyl groups excluding tert-OH is 1. The van der Waals surface area contributed by atoms with Crippen LogP contribution in [0.2, 0.25) is 0 Å². The lowest BCUT2D eigenvalue weighted by atomic mass is 10.0. The highest BCUT2D eigenvalue weighted by Crippen LogP contribution is 2.08. The normalized spacial score (nSPS) is 14.1. The molecule has 0 amide bonds. The maximum absolute atomic E-state index is 9.49. The van der Waals surface area contributed by atoms with Gasteiger partial charge in [0.1, 0.15) is 0 Å². The Kier molecular flexibility index (Phi) is 7.29. The average Bonchev–Trinajstić information content (AvgIpc) is 2.00. The van der Waals surface area contributed by atoms with E-state index < -0.39 is 0 Å². The smallest absolute Gasteiger partial charge is 0.0773 e. The Balaban J connectivity index is 3.25. The lowest BCUT2D eigenvalue weighted by Crippen LogP contribution is -2.18. The second kappa shape index (κ2) is 7.34. The summed E-state index contributed by atoms with van der Waals surface area (Å²) in [6.07, 6.45) is 3.10. The van der Waals surface area contributed by atoms with Crippen LogP contribution in [-0.4, -0.2) is 23.9 Å². The van der Waals surface area contributed by atoms with Gasteiger partial charge in [-0.05, 0) is 26.2 Å². The van der Waals surface area contributed by atoms with Crippen LogP contribution in [0.1, 0.15) is 47.0 Å². The molecule has 0 aromatic heterocycles. The van der Waals surface area contributed by atoms with Crippen LogP contribution in [0.3, 0.4) is 0 Å². The lowest BCUT2D eigenvalue weighted by molar-refractivity contribution is 0.00155. The van der Waals surface area contributed by atoms with Gasteiger partial charge in [0.15, 0.2) is 0 Å². The van der Waals surface area contributed by atoms with E-state index in [-0.39, 0.29) is 12.2 Å². The van der Waals surface area contributed by atoms with Gasteiger partial charge in [0.2, 0.25) is 0 Å². The summed E-state index contributed by atoms with van der Waals surface area (Å²) in [5.74, 6) is 0.734. The van der Waals surface area contributed by atoms with Crippen molar-refractivity contribution in [3.8, 4) is 0 Å². The van der Waals surface area contributed by atoms with E-state index in [1.54, 1.807) is 0 Å². The summed E-state index contributed by atoms with van der Waals surface area (Å²) in [5, 5.41) is 9.49. The van der Waals surface area contributed by atoms with Gasteiger partial charge in [0.05, 0.1) is 18.8 Å². The molecule has 2 heteroatoms. The van der Waals surface area contributed by atoms with E-state index in [0.717, 1.165) is 18.8 Å². The first-order chi connectivity index (χ1) is 6.02. The van der Waals surface area contributed by atoms with Crippen LogP contribution in [0.25, 0.3) is 0 Å². The highest BCUT2D eigenvalue weighted by atomic mass is 16.5. The zero-order chi connectivity index (χ0) is 10.3. The third-order valence-corrected chi connectivity index (χ3v) is 1.94. The molecule has 0 radical (unpaired) electrons. The van der Waals surface area contributed by atoms with Gasteiger partial charge in [-0.15, -0.1) is 0 Å². The van der Waals surface area contributed by atoms with Gasteiger partial charge in [0.25, 0.3) is 0 Å². The Bertz CT molecular complexity index is 111. The van der Waals surface area contributed by atoms with Crippen LogP contribution >= 0.6 is 0 Å². The molecule has 0 bridgehead atoms. The van der Waals surface area contributed by atoms with Crippen molar-refractivity contribution in [3.63, 3.8) is 0 Å². The van der Waals surface area contributed by atoms with Crippen molar-refractivity contribution in [1.29, 1.82) is 0 Å². The number of aliphatic hydroxyl groups is 1. The highest BCUT2D eigenvalue weighted by molar-refractivity contribution is 4.56. The molecule has 1 N–H and O–H groups in total. The molecule has 0 aliphatic carbocycles. The monoisotopic (exact) mass is 188 g/mol. The van der Waals surface area contributed by atoms with Crippen molar-refractivity contribution >= 4 is 0 Å². The van der Waals surface area contributed by atoms with Crippen molar-refractivity contribution < 1.29 is 9.84 Å². The van der Waals surface area contributed by atoms with Crippen LogP contribution in [0, 0.1) is 5.92 Å². The molecule has 1 unspecified atom stereocenters. The Morgan fingerprint density at radius 1 is 1.08 bits per heavy atom. The second-order valence-electron chi connectivity index (χ2n) is 4.36. The maximum atomic E-state index is 9.49. The van der Waals surface area contributed by atoms with Crippen LogP contribution in [0.5, 0.6) is 0 Å². The van der Waals surface area contributed by atoms with E-state index in [4.69, 9.17) is 4.74 Å². The molecule has 1 atom stereocenters. The van der Waals surface area contributed by atoms with Gasteiger partial charge in [-0.3, -0.25) is 0 Å². The number of ether oxygens (including phenoxy) is 1. The molecule has 0 saturated carbocycles. The van der Waals surface area contributed by atoms with Gasteiger partial charge >= 0.3 is 0 Å². The summed E-state index contributed by atoms with van der Waals surface area (Å²) in [7, 11) is 0. The van der Waals surface area contributed by atoms with E-state index in [9.17, 15) is 5.11 Å². The molecule has 0 spiro atoms.